The fourth-order valence-electron chi connectivity index (χ4n) is 4.82. The lowest BCUT2D eigenvalue weighted by Gasteiger charge is -2.26. The van der Waals surface area contributed by atoms with Crippen molar-refractivity contribution < 1.29 is 19.4 Å². The summed E-state index contributed by atoms with van der Waals surface area (Å²) in [4.78, 5) is 29.5. The standard InChI is InChI=1S/C33H31NO4S/c1-21-15-16-23(33(2,3)4)19-27(21)30(35)28-29(34(32(37)31(28)36)20-26-14-9-17-39-26)22-10-8-13-25(18-22)38-24-11-6-5-7-12-24/h5-19,29,35H,20H2,1-4H3/b30-28+. The van der Waals surface area contributed by atoms with Gasteiger partial charge < -0.3 is 14.7 Å². The lowest BCUT2D eigenvalue weighted by Crippen LogP contribution is -2.28. The third-order valence-corrected chi connectivity index (χ3v) is 7.82. The van der Waals surface area contributed by atoms with Crippen LogP contribution in [0.5, 0.6) is 11.5 Å². The molecule has 1 aliphatic heterocycles. The third-order valence-electron chi connectivity index (χ3n) is 6.96. The van der Waals surface area contributed by atoms with E-state index in [2.05, 4.69) is 20.8 Å². The molecule has 4 aromatic rings. The summed E-state index contributed by atoms with van der Waals surface area (Å²) in [6.07, 6.45) is 0. The quantitative estimate of drug-likeness (QED) is 0.155. The summed E-state index contributed by atoms with van der Waals surface area (Å²) in [5.41, 5.74) is 3.02. The topological polar surface area (TPSA) is 66.8 Å². The Bertz CT molecular complexity index is 1550. The number of nitrogens with zero attached hydrogens (tertiary/aromatic N) is 1. The number of ether oxygens (including phenoxy) is 1. The van der Waals surface area contributed by atoms with Crippen LogP contribution in [0.3, 0.4) is 0 Å². The molecule has 1 amide bonds. The van der Waals surface area contributed by atoms with Crippen LogP contribution in [0.1, 0.15) is 53.9 Å². The number of amides is 1. The van der Waals surface area contributed by atoms with Crippen molar-refractivity contribution in [1.29, 1.82) is 0 Å². The summed E-state index contributed by atoms with van der Waals surface area (Å²) in [5, 5.41) is 13.7. The van der Waals surface area contributed by atoms with Crippen molar-refractivity contribution in [2.24, 2.45) is 0 Å². The molecule has 5 nitrogen and oxygen atoms in total. The van der Waals surface area contributed by atoms with Crippen LogP contribution in [0, 0.1) is 6.92 Å². The molecule has 2 heterocycles. The van der Waals surface area contributed by atoms with Gasteiger partial charge in [-0.15, -0.1) is 11.3 Å². The molecule has 1 aliphatic rings. The first-order chi connectivity index (χ1) is 18.6. The highest BCUT2D eigenvalue weighted by molar-refractivity contribution is 7.09. The van der Waals surface area contributed by atoms with Crippen LogP contribution in [-0.2, 0) is 21.5 Å². The maximum Gasteiger partial charge on any atom is 0.295 e. The number of benzene rings is 3. The smallest absolute Gasteiger partial charge is 0.295 e. The molecule has 5 rings (SSSR count). The average molecular weight is 538 g/mol. The van der Waals surface area contributed by atoms with Crippen molar-refractivity contribution in [3.63, 3.8) is 0 Å². The van der Waals surface area contributed by atoms with E-state index in [0.717, 1.165) is 16.0 Å². The number of carbonyl (C=O) groups is 2. The van der Waals surface area contributed by atoms with E-state index in [1.165, 1.54) is 11.3 Å². The minimum atomic E-state index is -0.774. The molecule has 39 heavy (non-hydrogen) atoms. The molecule has 0 saturated carbocycles. The monoisotopic (exact) mass is 537 g/mol. The second-order valence-electron chi connectivity index (χ2n) is 10.8. The van der Waals surface area contributed by atoms with E-state index < -0.39 is 17.7 Å². The molecule has 1 fully saturated rings. The van der Waals surface area contributed by atoms with E-state index >= 15 is 0 Å². The van der Waals surface area contributed by atoms with Gasteiger partial charge in [0.15, 0.2) is 0 Å². The van der Waals surface area contributed by atoms with Crippen LogP contribution in [0.4, 0.5) is 0 Å². The predicted octanol–water partition coefficient (Wildman–Crippen LogP) is 7.77. The Morgan fingerprint density at radius 2 is 1.67 bits per heavy atom. The summed E-state index contributed by atoms with van der Waals surface area (Å²) in [7, 11) is 0. The number of likely N-dealkylation sites (tertiary alicyclic amines) is 1. The van der Waals surface area contributed by atoms with Gasteiger partial charge in [-0.05, 0) is 70.8 Å². The number of Topliss-reactive ketones (excluding diaryl/α,β-unsaturated/α-hetero) is 1. The first-order valence-electron chi connectivity index (χ1n) is 12.9. The second kappa shape index (κ2) is 10.5. The number of carbonyl (C=O) groups excluding carboxylic acids is 2. The largest absolute Gasteiger partial charge is 0.507 e. The van der Waals surface area contributed by atoms with Crippen molar-refractivity contribution >= 4 is 28.8 Å². The maximum absolute atomic E-state index is 13.6. The van der Waals surface area contributed by atoms with Gasteiger partial charge in [-0.1, -0.05) is 69.3 Å². The number of aliphatic hydroxyl groups excluding tert-OH is 1. The molecular weight excluding hydrogens is 506 g/mol. The Balaban J connectivity index is 1.65. The van der Waals surface area contributed by atoms with Crippen molar-refractivity contribution in [3.05, 3.63) is 123 Å². The van der Waals surface area contributed by atoms with Gasteiger partial charge in [-0.25, -0.2) is 0 Å². The number of rotatable bonds is 6. The Kier molecular flexibility index (Phi) is 7.15. The number of aryl methyl sites for hydroxylation is 1. The van der Waals surface area contributed by atoms with E-state index in [1.807, 2.05) is 97.2 Å². The molecule has 1 unspecified atom stereocenters. The Labute approximate surface area is 233 Å². The molecule has 0 radical (unpaired) electrons. The molecule has 0 spiro atoms. The molecule has 0 aliphatic carbocycles. The minimum absolute atomic E-state index is 0.0857. The Morgan fingerprint density at radius 1 is 0.923 bits per heavy atom. The van der Waals surface area contributed by atoms with E-state index in [1.54, 1.807) is 4.90 Å². The van der Waals surface area contributed by atoms with Gasteiger partial charge in [0.2, 0.25) is 0 Å². The van der Waals surface area contributed by atoms with Gasteiger partial charge in [0.1, 0.15) is 17.3 Å². The first-order valence-corrected chi connectivity index (χ1v) is 13.8. The van der Waals surface area contributed by atoms with Crippen LogP contribution in [0.2, 0.25) is 0 Å². The van der Waals surface area contributed by atoms with Gasteiger partial charge in [-0.2, -0.15) is 0 Å². The van der Waals surface area contributed by atoms with E-state index in [4.69, 9.17) is 4.74 Å². The van der Waals surface area contributed by atoms with Crippen molar-refractivity contribution in [2.75, 3.05) is 0 Å². The fourth-order valence-corrected chi connectivity index (χ4v) is 5.52. The summed E-state index contributed by atoms with van der Waals surface area (Å²) in [6, 6.07) is 25.8. The Morgan fingerprint density at radius 3 is 2.36 bits per heavy atom. The summed E-state index contributed by atoms with van der Waals surface area (Å²) >= 11 is 1.52. The molecule has 1 aromatic heterocycles. The molecule has 6 heteroatoms. The fraction of sp³-hybridized carbons (Fsp3) is 0.212. The summed E-state index contributed by atoms with van der Waals surface area (Å²) in [6.45, 7) is 8.44. The summed E-state index contributed by atoms with van der Waals surface area (Å²) < 4.78 is 6.06. The van der Waals surface area contributed by atoms with Crippen LogP contribution in [0.15, 0.2) is 95.9 Å². The zero-order valence-corrected chi connectivity index (χ0v) is 23.3. The van der Waals surface area contributed by atoms with Gasteiger partial charge in [-0.3, -0.25) is 9.59 Å². The maximum atomic E-state index is 13.6. The van der Waals surface area contributed by atoms with Crippen LogP contribution < -0.4 is 4.74 Å². The van der Waals surface area contributed by atoms with Gasteiger partial charge in [0.25, 0.3) is 11.7 Å². The number of para-hydroxylation sites is 1. The predicted molar refractivity (Wildman–Crippen MR) is 155 cm³/mol. The molecular formula is C33H31NO4S. The third kappa shape index (κ3) is 5.38. The molecule has 1 atom stereocenters. The zero-order chi connectivity index (χ0) is 27.7. The molecule has 1 N–H and O–H groups in total. The lowest BCUT2D eigenvalue weighted by molar-refractivity contribution is -0.140. The van der Waals surface area contributed by atoms with E-state index in [0.29, 0.717) is 22.6 Å². The normalized spacial score (nSPS) is 17.0. The highest BCUT2D eigenvalue weighted by atomic mass is 32.1. The molecule has 1 saturated heterocycles. The van der Waals surface area contributed by atoms with Crippen molar-refractivity contribution in [1.82, 2.24) is 4.90 Å². The SMILES string of the molecule is Cc1ccc(C(C)(C)C)cc1/C(O)=C1\C(=O)C(=O)N(Cc2cccs2)C1c1cccc(Oc2ccccc2)c1. The van der Waals surface area contributed by atoms with Gasteiger partial charge in [0, 0.05) is 10.4 Å². The number of hydrogen-bond donors (Lipinski definition) is 1. The highest BCUT2D eigenvalue weighted by Crippen LogP contribution is 2.42. The van der Waals surface area contributed by atoms with Gasteiger partial charge >= 0.3 is 0 Å². The zero-order valence-electron chi connectivity index (χ0n) is 22.5. The highest BCUT2D eigenvalue weighted by Gasteiger charge is 2.46. The van der Waals surface area contributed by atoms with Crippen molar-refractivity contribution in [3.8, 4) is 11.5 Å². The van der Waals surface area contributed by atoms with Crippen LogP contribution in [-0.4, -0.2) is 21.7 Å². The number of ketones is 1. The van der Waals surface area contributed by atoms with Gasteiger partial charge in [0.05, 0.1) is 18.2 Å². The Hall–Kier alpha value is -4.16. The minimum Gasteiger partial charge on any atom is -0.507 e. The van der Waals surface area contributed by atoms with E-state index in [-0.39, 0.29) is 23.3 Å². The number of thiophene rings is 1. The summed E-state index contributed by atoms with van der Waals surface area (Å²) in [5.74, 6) is -0.230. The van der Waals surface area contributed by atoms with E-state index in [9.17, 15) is 14.7 Å². The molecule has 3 aromatic carbocycles. The first kappa shape index (κ1) is 26.4. The average Bonchev–Trinajstić information content (AvgIpc) is 3.51. The van der Waals surface area contributed by atoms with Crippen LogP contribution in [0.25, 0.3) is 5.76 Å². The molecule has 0 bridgehead atoms. The molecule has 198 valence electrons. The number of hydrogen-bond acceptors (Lipinski definition) is 5. The van der Waals surface area contributed by atoms with Crippen LogP contribution >= 0.6 is 11.3 Å². The lowest BCUT2D eigenvalue weighted by atomic mass is 9.84. The second-order valence-corrected chi connectivity index (χ2v) is 11.8. The van der Waals surface area contributed by atoms with Crippen molar-refractivity contribution in [2.45, 2.75) is 45.7 Å². The number of aliphatic hydroxyl groups is 1.